The van der Waals surface area contributed by atoms with Gasteiger partial charge in [-0.25, -0.2) is 8.42 Å². The van der Waals surface area contributed by atoms with E-state index in [0.717, 1.165) is 36.6 Å². The highest BCUT2D eigenvalue weighted by molar-refractivity contribution is 7.91. The molecular formula is C13H20Cl2N2O2S2. The van der Waals surface area contributed by atoms with Crippen LogP contribution >= 0.6 is 35.3 Å². The maximum Gasteiger partial charge on any atom is 0.252 e. The lowest BCUT2D eigenvalue weighted by Crippen LogP contribution is -2.45. The molecule has 0 aromatic carbocycles. The Morgan fingerprint density at radius 3 is 2.43 bits per heavy atom. The summed E-state index contributed by atoms with van der Waals surface area (Å²) in [6.45, 7) is 2.29. The van der Waals surface area contributed by atoms with Crippen LogP contribution in [0, 0.1) is 5.92 Å². The van der Waals surface area contributed by atoms with Gasteiger partial charge in [-0.2, -0.15) is 4.31 Å². The smallest absolute Gasteiger partial charge is 0.252 e. The Balaban J connectivity index is 0.00000161. The molecule has 0 radical (unpaired) electrons. The van der Waals surface area contributed by atoms with Crippen LogP contribution in [0.5, 0.6) is 0 Å². The first kappa shape index (κ1) is 17.5. The van der Waals surface area contributed by atoms with Crippen LogP contribution in [0.2, 0.25) is 4.34 Å². The van der Waals surface area contributed by atoms with E-state index >= 15 is 0 Å². The molecule has 1 aliphatic carbocycles. The molecule has 1 saturated heterocycles. The standard InChI is InChI=1S/C13H19ClN2O2S2.ClH/c14-12-3-4-13(19-12)20(17,18)16-7-5-11(6-8-16)15-9-10-1-2-10;/h3-4,10-11,15H,1-2,5-9H2;1H. The van der Waals surface area contributed by atoms with E-state index in [-0.39, 0.29) is 12.4 Å². The second-order valence-electron chi connectivity index (χ2n) is 5.59. The lowest BCUT2D eigenvalue weighted by atomic mass is 10.1. The highest BCUT2D eigenvalue weighted by Gasteiger charge is 2.31. The fourth-order valence-electron chi connectivity index (χ4n) is 2.52. The number of sulfonamides is 1. The number of halogens is 2. The quantitative estimate of drug-likeness (QED) is 0.866. The van der Waals surface area contributed by atoms with Crippen LogP contribution in [0.15, 0.2) is 16.3 Å². The lowest BCUT2D eigenvalue weighted by Gasteiger charge is -2.31. The summed E-state index contributed by atoms with van der Waals surface area (Å²) in [5.74, 6) is 0.866. The van der Waals surface area contributed by atoms with Crippen molar-refractivity contribution in [2.24, 2.45) is 5.92 Å². The fraction of sp³-hybridized carbons (Fsp3) is 0.692. The van der Waals surface area contributed by atoms with Gasteiger partial charge in [0.1, 0.15) is 4.21 Å². The Kier molecular flexibility index (Phi) is 5.96. The molecule has 1 N–H and O–H groups in total. The average molecular weight is 371 g/mol. The molecule has 0 atom stereocenters. The third-order valence-electron chi connectivity index (χ3n) is 3.99. The van der Waals surface area contributed by atoms with Gasteiger partial charge in [0.05, 0.1) is 4.34 Å². The van der Waals surface area contributed by atoms with Crippen molar-refractivity contribution in [2.45, 2.75) is 35.9 Å². The summed E-state index contributed by atoms with van der Waals surface area (Å²) < 4.78 is 27.3. The van der Waals surface area contributed by atoms with E-state index in [9.17, 15) is 8.42 Å². The molecule has 0 amide bonds. The second kappa shape index (κ2) is 7.15. The molecule has 0 bridgehead atoms. The Hall–Kier alpha value is 0.150. The third-order valence-corrected chi connectivity index (χ3v) is 7.59. The van der Waals surface area contributed by atoms with Crippen LogP contribution in [0.3, 0.4) is 0 Å². The number of hydrogen-bond donors (Lipinski definition) is 1. The van der Waals surface area contributed by atoms with Crippen molar-refractivity contribution in [3.8, 4) is 0 Å². The van der Waals surface area contributed by atoms with Gasteiger partial charge in [-0.3, -0.25) is 0 Å². The lowest BCUT2D eigenvalue weighted by molar-refractivity contribution is 0.288. The normalized spacial score (nSPS) is 21.2. The van der Waals surface area contributed by atoms with Gasteiger partial charge in [0, 0.05) is 19.1 Å². The van der Waals surface area contributed by atoms with E-state index in [2.05, 4.69) is 5.32 Å². The van der Waals surface area contributed by atoms with Gasteiger partial charge >= 0.3 is 0 Å². The molecule has 2 heterocycles. The number of thiophene rings is 1. The van der Waals surface area contributed by atoms with E-state index in [1.807, 2.05) is 0 Å². The summed E-state index contributed by atoms with van der Waals surface area (Å²) in [7, 11) is -3.34. The molecule has 1 aromatic rings. The maximum absolute atomic E-state index is 12.4. The monoisotopic (exact) mass is 370 g/mol. The molecule has 21 heavy (non-hydrogen) atoms. The van der Waals surface area contributed by atoms with Crippen molar-refractivity contribution < 1.29 is 8.42 Å². The minimum absolute atomic E-state index is 0. The van der Waals surface area contributed by atoms with Crippen molar-refractivity contribution in [3.63, 3.8) is 0 Å². The summed E-state index contributed by atoms with van der Waals surface area (Å²) >= 11 is 6.96. The Morgan fingerprint density at radius 1 is 1.24 bits per heavy atom. The van der Waals surface area contributed by atoms with E-state index < -0.39 is 10.0 Å². The van der Waals surface area contributed by atoms with Gasteiger partial charge in [-0.1, -0.05) is 11.6 Å². The summed E-state index contributed by atoms with van der Waals surface area (Å²) in [5, 5.41) is 3.56. The molecule has 0 unspecified atom stereocenters. The zero-order chi connectivity index (χ0) is 14.2. The topological polar surface area (TPSA) is 49.4 Å². The predicted octanol–water partition coefficient (Wildman–Crippen LogP) is 2.98. The Morgan fingerprint density at radius 2 is 1.90 bits per heavy atom. The predicted molar refractivity (Wildman–Crippen MR) is 89.1 cm³/mol. The van der Waals surface area contributed by atoms with Crippen molar-refractivity contribution in [1.82, 2.24) is 9.62 Å². The molecule has 1 aromatic heterocycles. The van der Waals surface area contributed by atoms with Crippen molar-refractivity contribution in [3.05, 3.63) is 16.5 Å². The first-order valence-electron chi connectivity index (χ1n) is 7.04. The molecule has 3 rings (SSSR count). The number of piperidine rings is 1. The zero-order valence-corrected chi connectivity index (χ0v) is 14.8. The minimum atomic E-state index is -3.34. The first-order chi connectivity index (χ1) is 9.55. The third kappa shape index (κ3) is 4.33. The largest absolute Gasteiger partial charge is 0.314 e. The van der Waals surface area contributed by atoms with Gasteiger partial charge in [0.25, 0.3) is 10.0 Å². The molecule has 8 heteroatoms. The van der Waals surface area contributed by atoms with E-state index in [0.29, 0.717) is 27.7 Å². The summed E-state index contributed by atoms with van der Waals surface area (Å²) in [5.41, 5.74) is 0. The summed E-state index contributed by atoms with van der Waals surface area (Å²) in [4.78, 5) is 0. The van der Waals surface area contributed by atoms with E-state index in [1.165, 1.54) is 12.8 Å². The van der Waals surface area contributed by atoms with Crippen LogP contribution in [0.25, 0.3) is 0 Å². The van der Waals surface area contributed by atoms with Crippen LogP contribution in [-0.2, 0) is 10.0 Å². The van der Waals surface area contributed by atoms with Crippen LogP contribution in [0.1, 0.15) is 25.7 Å². The molecule has 1 saturated carbocycles. The maximum atomic E-state index is 12.4. The number of nitrogens with zero attached hydrogens (tertiary/aromatic N) is 1. The number of hydrogen-bond acceptors (Lipinski definition) is 4. The molecule has 2 fully saturated rings. The SMILES string of the molecule is Cl.O=S(=O)(c1ccc(Cl)s1)N1CCC(NCC2CC2)CC1. The minimum Gasteiger partial charge on any atom is -0.314 e. The molecule has 0 spiro atoms. The average Bonchev–Trinajstić information content (AvgIpc) is 3.17. The van der Waals surface area contributed by atoms with Crippen molar-refractivity contribution in [2.75, 3.05) is 19.6 Å². The summed E-state index contributed by atoms with van der Waals surface area (Å²) in [6.07, 6.45) is 4.48. The first-order valence-corrected chi connectivity index (χ1v) is 9.68. The van der Waals surface area contributed by atoms with Gasteiger partial charge in [0.2, 0.25) is 0 Å². The highest BCUT2D eigenvalue weighted by Crippen LogP contribution is 2.30. The molecule has 2 aliphatic rings. The van der Waals surface area contributed by atoms with Gasteiger partial charge < -0.3 is 5.32 Å². The highest BCUT2D eigenvalue weighted by atomic mass is 35.5. The number of nitrogens with one attached hydrogen (secondary N) is 1. The van der Waals surface area contributed by atoms with Gasteiger partial charge in [0.15, 0.2) is 0 Å². The Bertz CT molecular complexity index is 564. The van der Waals surface area contributed by atoms with Crippen molar-refractivity contribution in [1.29, 1.82) is 0 Å². The van der Waals surface area contributed by atoms with Gasteiger partial charge in [-0.15, -0.1) is 23.7 Å². The van der Waals surface area contributed by atoms with Gasteiger partial charge in [-0.05, 0) is 50.3 Å². The Labute approximate surface area is 141 Å². The molecule has 1 aliphatic heterocycles. The van der Waals surface area contributed by atoms with Crippen LogP contribution < -0.4 is 5.32 Å². The molecular weight excluding hydrogens is 351 g/mol. The second-order valence-corrected chi connectivity index (χ2v) is 9.47. The number of rotatable bonds is 5. The van der Waals surface area contributed by atoms with Crippen LogP contribution in [0.4, 0.5) is 0 Å². The van der Waals surface area contributed by atoms with E-state index in [4.69, 9.17) is 11.6 Å². The fourth-order valence-corrected chi connectivity index (χ4v) is 5.63. The zero-order valence-electron chi connectivity index (χ0n) is 11.6. The van der Waals surface area contributed by atoms with Crippen LogP contribution in [-0.4, -0.2) is 38.4 Å². The van der Waals surface area contributed by atoms with E-state index in [1.54, 1.807) is 16.4 Å². The molecule has 120 valence electrons. The van der Waals surface area contributed by atoms with Crippen molar-refractivity contribution >= 4 is 45.4 Å². The summed E-state index contributed by atoms with van der Waals surface area (Å²) in [6, 6.07) is 3.71. The molecule has 4 nitrogen and oxygen atoms in total.